The zero-order chi connectivity index (χ0) is 27.0. The SMILES string of the molecule is COc1ccc(OC)c([C@H]2C(=C(O)c3ccccc3)C(=N)N(c3ccc(C)c(Cl)c3)C3=C2C(=O)CCC3)c1. The number of nitrogens with zero attached hydrogens (tertiary/aromatic N) is 1. The molecule has 0 spiro atoms. The van der Waals surface area contributed by atoms with E-state index in [1.165, 1.54) is 0 Å². The first kappa shape index (κ1) is 25.6. The van der Waals surface area contributed by atoms with Gasteiger partial charge in [0.1, 0.15) is 23.1 Å². The van der Waals surface area contributed by atoms with Gasteiger partial charge in [-0.05, 0) is 55.7 Å². The number of rotatable bonds is 5. The Morgan fingerprint density at radius 3 is 2.47 bits per heavy atom. The van der Waals surface area contributed by atoms with E-state index in [0.717, 1.165) is 11.3 Å². The molecule has 38 heavy (non-hydrogen) atoms. The Labute approximate surface area is 227 Å². The molecule has 0 saturated carbocycles. The fraction of sp³-hybridized carbons (Fsp3) is 0.226. The van der Waals surface area contributed by atoms with E-state index in [9.17, 15) is 15.3 Å². The summed E-state index contributed by atoms with van der Waals surface area (Å²) < 4.78 is 11.2. The highest BCUT2D eigenvalue weighted by molar-refractivity contribution is 6.32. The zero-order valence-corrected chi connectivity index (χ0v) is 22.3. The molecule has 6 nitrogen and oxygen atoms in total. The minimum Gasteiger partial charge on any atom is -0.507 e. The molecule has 0 saturated heterocycles. The predicted octanol–water partition coefficient (Wildman–Crippen LogP) is 7.22. The van der Waals surface area contributed by atoms with Crippen LogP contribution >= 0.6 is 11.6 Å². The number of ether oxygens (including phenoxy) is 2. The second-order valence-electron chi connectivity index (χ2n) is 9.42. The third kappa shape index (κ3) is 4.35. The van der Waals surface area contributed by atoms with Crippen LogP contribution in [0.25, 0.3) is 5.76 Å². The number of hydrogen-bond donors (Lipinski definition) is 2. The van der Waals surface area contributed by atoms with Crippen molar-refractivity contribution in [3.8, 4) is 11.5 Å². The normalized spacial score (nSPS) is 18.8. The van der Waals surface area contributed by atoms with Crippen molar-refractivity contribution in [3.63, 3.8) is 0 Å². The van der Waals surface area contributed by atoms with E-state index in [0.29, 0.717) is 63.7 Å². The van der Waals surface area contributed by atoms with Gasteiger partial charge in [0.15, 0.2) is 5.78 Å². The molecule has 7 heteroatoms. The van der Waals surface area contributed by atoms with E-state index >= 15 is 0 Å². The second kappa shape index (κ2) is 10.4. The fourth-order valence-corrected chi connectivity index (χ4v) is 5.50. The Balaban J connectivity index is 1.87. The largest absolute Gasteiger partial charge is 0.507 e. The maximum absolute atomic E-state index is 13.7. The Kier molecular flexibility index (Phi) is 7.00. The molecule has 3 aromatic rings. The molecule has 1 atom stereocenters. The van der Waals surface area contributed by atoms with Crippen LogP contribution in [-0.4, -0.2) is 30.9 Å². The minimum atomic E-state index is -0.729. The van der Waals surface area contributed by atoms with Crippen molar-refractivity contribution in [2.75, 3.05) is 19.1 Å². The Morgan fingerprint density at radius 1 is 1.03 bits per heavy atom. The molecule has 0 unspecified atom stereocenters. The van der Waals surface area contributed by atoms with Gasteiger partial charge < -0.3 is 14.6 Å². The van der Waals surface area contributed by atoms with E-state index in [1.807, 2.05) is 43.3 Å². The molecule has 194 valence electrons. The number of methoxy groups -OCH3 is 2. The lowest BCUT2D eigenvalue weighted by Crippen LogP contribution is -2.42. The van der Waals surface area contributed by atoms with Gasteiger partial charge >= 0.3 is 0 Å². The third-order valence-electron chi connectivity index (χ3n) is 7.22. The number of aryl methyl sites for hydroxylation is 1. The van der Waals surface area contributed by atoms with Gasteiger partial charge in [0.25, 0.3) is 0 Å². The van der Waals surface area contributed by atoms with Crippen molar-refractivity contribution in [2.45, 2.75) is 32.1 Å². The number of amidine groups is 1. The Bertz CT molecular complexity index is 1490. The standard InChI is InChI=1S/C31H29ClN2O4/c1-18-12-13-20(16-23(18)32)34-24-10-7-11-25(35)28(24)27(22-17-21(37-2)14-15-26(22)38-3)29(31(34)33)30(36)19-8-5-4-6-9-19/h4-6,8-9,12-17,27,33,36H,7,10-11H2,1-3H3/t27-/m1/s1. The average Bonchev–Trinajstić information content (AvgIpc) is 2.94. The lowest BCUT2D eigenvalue weighted by Gasteiger charge is -2.42. The summed E-state index contributed by atoms with van der Waals surface area (Å²) in [5.41, 5.74) is 4.39. The minimum absolute atomic E-state index is 0.0183. The van der Waals surface area contributed by atoms with Gasteiger partial charge in [-0.15, -0.1) is 0 Å². The van der Waals surface area contributed by atoms with Crippen LogP contribution in [-0.2, 0) is 4.79 Å². The van der Waals surface area contributed by atoms with Crippen LogP contribution in [0.4, 0.5) is 5.69 Å². The van der Waals surface area contributed by atoms with Crippen LogP contribution < -0.4 is 14.4 Å². The molecule has 2 N–H and O–H groups in total. The van der Waals surface area contributed by atoms with E-state index in [4.69, 9.17) is 21.1 Å². The number of ketones is 1. The molecule has 0 fully saturated rings. The summed E-state index contributed by atoms with van der Waals surface area (Å²) >= 11 is 6.50. The number of nitrogens with one attached hydrogen (secondary N) is 1. The van der Waals surface area contributed by atoms with Gasteiger partial charge in [0.05, 0.1) is 20.1 Å². The quantitative estimate of drug-likeness (QED) is 0.341. The van der Waals surface area contributed by atoms with E-state index in [1.54, 1.807) is 49.5 Å². The summed E-state index contributed by atoms with van der Waals surface area (Å²) in [7, 11) is 3.14. The number of aliphatic hydroxyl groups excluding tert-OH is 1. The van der Waals surface area contributed by atoms with Crippen LogP contribution in [0.2, 0.25) is 5.02 Å². The highest BCUT2D eigenvalue weighted by atomic mass is 35.5. The number of Topliss-reactive ketones (excluding diaryl/α,β-unsaturated/α-hetero) is 1. The van der Waals surface area contributed by atoms with Crippen LogP contribution in [0, 0.1) is 12.3 Å². The number of allylic oxidation sites excluding steroid dienone is 2. The molecule has 1 aliphatic heterocycles. The number of benzene rings is 3. The molecule has 0 radical (unpaired) electrons. The van der Waals surface area contributed by atoms with Crippen molar-refractivity contribution in [1.29, 1.82) is 5.41 Å². The summed E-state index contributed by atoms with van der Waals surface area (Å²) in [6.07, 6.45) is 1.67. The van der Waals surface area contributed by atoms with Crippen LogP contribution in [0.1, 0.15) is 41.9 Å². The van der Waals surface area contributed by atoms with Crippen LogP contribution in [0.5, 0.6) is 11.5 Å². The number of hydrogen-bond acceptors (Lipinski definition) is 5. The molecular formula is C31H29ClN2O4. The van der Waals surface area contributed by atoms with Gasteiger partial charge in [0, 0.05) is 45.1 Å². The van der Waals surface area contributed by atoms with Crippen molar-refractivity contribution < 1.29 is 19.4 Å². The lowest BCUT2D eigenvalue weighted by molar-refractivity contribution is -0.116. The van der Waals surface area contributed by atoms with Crippen molar-refractivity contribution >= 4 is 34.7 Å². The molecule has 1 heterocycles. The van der Waals surface area contributed by atoms with Crippen molar-refractivity contribution in [3.05, 3.63) is 105 Å². The first-order valence-corrected chi connectivity index (χ1v) is 12.9. The number of aliphatic hydroxyl groups is 1. The topological polar surface area (TPSA) is 82.8 Å². The Hall–Kier alpha value is -4.03. The van der Waals surface area contributed by atoms with Crippen molar-refractivity contribution in [2.24, 2.45) is 0 Å². The molecule has 2 aliphatic rings. The maximum Gasteiger partial charge on any atom is 0.161 e. The summed E-state index contributed by atoms with van der Waals surface area (Å²) in [6.45, 7) is 1.92. The summed E-state index contributed by atoms with van der Waals surface area (Å²) in [4.78, 5) is 15.5. The Morgan fingerprint density at radius 2 is 1.79 bits per heavy atom. The molecule has 1 aliphatic carbocycles. The van der Waals surface area contributed by atoms with Gasteiger partial charge in [-0.2, -0.15) is 0 Å². The number of halogens is 1. The first-order chi connectivity index (χ1) is 18.3. The molecule has 0 aromatic heterocycles. The maximum atomic E-state index is 13.7. The third-order valence-corrected chi connectivity index (χ3v) is 7.63. The van der Waals surface area contributed by atoms with E-state index in [2.05, 4.69) is 0 Å². The highest BCUT2D eigenvalue weighted by Crippen LogP contribution is 2.50. The number of anilines is 1. The first-order valence-electron chi connectivity index (χ1n) is 12.5. The van der Waals surface area contributed by atoms with Gasteiger partial charge in [-0.1, -0.05) is 48.0 Å². The highest BCUT2D eigenvalue weighted by Gasteiger charge is 2.44. The number of carbonyl (C=O) groups excluding carboxylic acids is 1. The van der Waals surface area contributed by atoms with Crippen molar-refractivity contribution in [1.82, 2.24) is 0 Å². The van der Waals surface area contributed by atoms with Gasteiger partial charge in [-0.3, -0.25) is 15.1 Å². The van der Waals surface area contributed by atoms with E-state index < -0.39 is 5.92 Å². The lowest BCUT2D eigenvalue weighted by atomic mass is 9.73. The second-order valence-corrected chi connectivity index (χ2v) is 9.83. The predicted molar refractivity (Wildman–Crippen MR) is 151 cm³/mol. The summed E-state index contributed by atoms with van der Waals surface area (Å²) in [6, 6.07) is 20.1. The molecule has 0 bridgehead atoms. The van der Waals surface area contributed by atoms with Gasteiger partial charge in [-0.25, -0.2) is 0 Å². The fourth-order valence-electron chi connectivity index (χ4n) is 5.33. The summed E-state index contributed by atoms with van der Waals surface area (Å²) in [5.74, 6) is 0.388. The monoisotopic (exact) mass is 528 g/mol. The van der Waals surface area contributed by atoms with Crippen LogP contribution in [0.15, 0.2) is 83.6 Å². The van der Waals surface area contributed by atoms with E-state index in [-0.39, 0.29) is 17.4 Å². The average molecular weight is 529 g/mol. The summed E-state index contributed by atoms with van der Waals surface area (Å²) in [5, 5.41) is 21.8. The molecule has 3 aromatic carbocycles. The molecule has 0 amide bonds. The number of carbonyl (C=O) groups is 1. The van der Waals surface area contributed by atoms with Crippen LogP contribution in [0.3, 0.4) is 0 Å². The smallest absolute Gasteiger partial charge is 0.161 e. The molecular weight excluding hydrogens is 500 g/mol. The molecule has 5 rings (SSSR count). The zero-order valence-electron chi connectivity index (χ0n) is 21.5. The van der Waals surface area contributed by atoms with Gasteiger partial charge in [0.2, 0.25) is 0 Å².